The molecule has 0 bridgehead atoms. The van der Waals surface area contributed by atoms with Crippen molar-refractivity contribution in [2.75, 3.05) is 13.2 Å². The van der Waals surface area contributed by atoms with Crippen molar-refractivity contribution in [3.8, 4) is 28.7 Å². The Labute approximate surface area is 239 Å². The number of hydrogen-bond donors (Lipinski definition) is 1. The number of rotatable bonds is 13. The Bertz CT molecular complexity index is 1210. The molecule has 7 nitrogen and oxygen atoms in total. The first-order chi connectivity index (χ1) is 17.3. The Morgan fingerprint density at radius 1 is 0.865 bits per heavy atom. The van der Waals surface area contributed by atoms with Gasteiger partial charge in [-0.15, -0.1) is 0 Å². The topological polar surface area (TPSA) is 105 Å². The number of aromatic hydroxyl groups is 1. The average molecular weight is 515 g/mol. The maximum atomic E-state index is 11.7. The van der Waals surface area contributed by atoms with E-state index in [9.17, 15) is 19.8 Å². The molecule has 0 atom stereocenters. The van der Waals surface area contributed by atoms with E-state index in [1.54, 1.807) is 18.2 Å². The molecule has 0 fully saturated rings. The minimum Gasteiger partial charge on any atom is -0.545 e. The van der Waals surface area contributed by atoms with Crippen LogP contribution < -0.4 is 48.9 Å². The molecule has 3 aromatic rings. The summed E-state index contributed by atoms with van der Waals surface area (Å²) in [4.78, 5) is 22.6. The van der Waals surface area contributed by atoms with Gasteiger partial charge in [0.05, 0.1) is 24.7 Å². The standard InChI is InChI=1S/C29H32O7.Na/c1-4-7-22-16-24(36-23-10-8-21(9-11-23)29(32)33)12-13-27(22)34-14-6-15-35-28-18-26(31)25(19(3)30)17-20(28)5-2;/h8-13,16-18,31H,4-7,14-15H2,1-3H3,(H,32,33);/q;+1/p-1. The van der Waals surface area contributed by atoms with Gasteiger partial charge >= 0.3 is 29.6 Å². The Morgan fingerprint density at radius 2 is 1.51 bits per heavy atom. The van der Waals surface area contributed by atoms with Gasteiger partial charge in [-0.25, -0.2) is 0 Å². The molecule has 0 aliphatic carbocycles. The third kappa shape index (κ3) is 8.52. The number of carbonyl (C=O) groups excluding carboxylic acids is 2. The molecule has 0 spiro atoms. The number of ether oxygens (including phenoxy) is 3. The molecule has 1 N–H and O–H groups in total. The summed E-state index contributed by atoms with van der Waals surface area (Å²) >= 11 is 0. The van der Waals surface area contributed by atoms with E-state index in [4.69, 9.17) is 14.2 Å². The Balaban J connectivity index is 0.00000481. The van der Waals surface area contributed by atoms with Gasteiger partial charge in [-0.2, -0.15) is 0 Å². The van der Waals surface area contributed by atoms with Crippen LogP contribution in [0.3, 0.4) is 0 Å². The molecule has 190 valence electrons. The number of carbonyl (C=O) groups is 2. The predicted octanol–water partition coefficient (Wildman–Crippen LogP) is 2.12. The van der Waals surface area contributed by atoms with Crippen LogP contribution in [0.25, 0.3) is 0 Å². The van der Waals surface area contributed by atoms with Crippen LogP contribution in [0.1, 0.15) is 65.5 Å². The van der Waals surface area contributed by atoms with Crippen molar-refractivity contribution >= 4 is 11.8 Å². The van der Waals surface area contributed by atoms with E-state index in [1.165, 1.54) is 25.1 Å². The maximum absolute atomic E-state index is 11.7. The molecule has 0 aliphatic heterocycles. The van der Waals surface area contributed by atoms with E-state index in [2.05, 4.69) is 6.92 Å². The normalized spacial score (nSPS) is 10.4. The third-order valence-corrected chi connectivity index (χ3v) is 5.62. The van der Waals surface area contributed by atoms with E-state index in [0.717, 1.165) is 29.7 Å². The van der Waals surface area contributed by atoms with Crippen molar-refractivity contribution in [2.24, 2.45) is 0 Å². The molecule has 3 rings (SSSR count). The van der Waals surface area contributed by atoms with Crippen molar-refractivity contribution in [3.05, 3.63) is 76.9 Å². The molecule has 3 aromatic carbocycles. The SMILES string of the molecule is CCCc1cc(Oc2ccc(C(=O)[O-])cc2)ccc1OCCCOc1cc(O)c(C(C)=O)cc1CC.[Na+]. The van der Waals surface area contributed by atoms with Crippen LogP contribution in [0.5, 0.6) is 28.7 Å². The fourth-order valence-corrected chi connectivity index (χ4v) is 3.75. The first kappa shape index (κ1) is 30.2. The molecule has 0 aliphatic rings. The summed E-state index contributed by atoms with van der Waals surface area (Å²) in [5, 5.41) is 21.0. The fourth-order valence-electron chi connectivity index (χ4n) is 3.75. The van der Waals surface area contributed by atoms with Gasteiger partial charge in [-0.3, -0.25) is 4.79 Å². The largest absolute Gasteiger partial charge is 1.00 e. The first-order valence-electron chi connectivity index (χ1n) is 12.1. The summed E-state index contributed by atoms with van der Waals surface area (Å²) in [5.41, 5.74) is 2.28. The first-order valence-corrected chi connectivity index (χ1v) is 12.1. The molecule has 37 heavy (non-hydrogen) atoms. The van der Waals surface area contributed by atoms with Crippen LogP contribution in [-0.4, -0.2) is 30.1 Å². The molecule has 0 saturated heterocycles. The zero-order valence-corrected chi connectivity index (χ0v) is 23.8. The quantitative estimate of drug-likeness (QED) is 0.212. The number of carboxylic acids is 1. The summed E-state index contributed by atoms with van der Waals surface area (Å²) < 4.78 is 17.7. The van der Waals surface area contributed by atoms with Crippen LogP contribution in [-0.2, 0) is 12.8 Å². The van der Waals surface area contributed by atoms with Crippen molar-refractivity contribution in [3.63, 3.8) is 0 Å². The molecule has 0 unspecified atom stereocenters. The van der Waals surface area contributed by atoms with Crippen molar-refractivity contribution in [1.29, 1.82) is 0 Å². The molecule has 0 radical (unpaired) electrons. The second-order valence-electron chi connectivity index (χ2n) is 8.37. The summed E-state index contributed by atoms with van der Waals surface area (Å²) in [7, 11) is 0. The molecule has 0 heterocycles. The third-order valence-electron chi connectivity index (χ3n) is 5.62. The van der Waals surface area contributed by atoms with Crippen molar-refractivity contribution in [1.82, 2.24) is 0 Å². The van der Waals surface area contributed by atoms with Crippen LogP contribution in [0, 0.1) is 0 Å². The van der Waals surface area contributed by atoms with Gasteiger partial charge in [0.25, 0.3) is 0 Å². The number of hydrogen-bond acceptors (Lipinski definition) is 7. The minimum absolute atomic E-state index is 0. The summed E-state index contributed by atoms with van der Waals surface area (Å²) in [6.07, 6.45) is 3.06. The molecule has 0 amide bonds. The van der Waals surface area contributed by atoms with Crippen LogP contribution >= 0.6 is 0 Å². The number of phenols is 1. The fraction of sp³-hybridized carbons (Fsp3) is 0.310. The molecule has 8 heteroatoms. The van der Waals surface area contributed by atoms with E-state index in [0.29, 0.717) is 48.9 Å². The van der Waals surface area contributed by atoms with Crippen LogP contribution in [0.2, 0.25) is 0 Å². The predicted molar refractivity (Wildman–Crippen MR) is 134 cm³/mol. The van der Waals surface area contributed by atoms with Gasteiger partial charge in [-0.1, -0.05) is 20.3 Å². The van der Waals surface area contributed by atoms with Crippen molar-refractivity contribution < 1.29 is 63.6 Å². The van der Waals surface area contributed by atoms with Gasteiger partial charge in [0.1, 0.15) is 28.7 Å². The zero-order valence-electron chi connectivity index (χ0n) is 21.8. The van der Waals surface area contributed by atoms with E-state index in [-0.39, 0.29) is 46.7 Å². The zero-order chi connectivity index (χ0) is 26.1. The second-order valence-corrected chi connectivity index (χ2v) is 8.37. The molecular formula is C29H31NaO7. The number of carboxylic acid groups (broad SMARTS) is 1. The second kappa shape index (κ2) is 14.7. The summed E-state index contributed by atoms with van der Waals surface area (Å²) in [6, 6.07) is 14.9. The molecule has 0 aromatic heterocycles. The number of ketones is 1. The average Bonchev–Trinajstić information content (AvgIpc) is 2.85. The molecular weight excluding hydrogens is 483 g/mol. The van der Waals surface area contributed by atoms with E-state index < -0.39 is 5.97 Å². The van der Waals surface area contributed by atoms with E-state index >= 15 is 0 Å². The summed E-state index contributed by atoms with van der Waals surface area (Å²) in [5.74, 6) is 1.02. The molecule has 0 saturated carbocycles. The van der Waals surface area contributed by atoms with E-state index in [1.807, 2.05) is 25.1 Å². The number of Topliss-reactive ketones (excluding diaryl/α,β-unsaturated/α-hetero) is 1. The number of benzene rings is 3. The Kier molecular flexibility index (Phi) is 12.0. The van der Waals surface area contributed by atoms with Gasteiger partial charge in [0, 0.05) is 12.5 Å². The summed E-state index contributed by atoms with van der Waals surface area (Å²) in [6.45, 7) is 6.33. The van der Waals surface area contributed by atoms with Gasteiger partial charge in [0.2, 0.25) is 0 Å². The van der Waals surface area contributed by atoms with Crippen LogP contribution in [0.15, 0.2) is 54.6 Å². The number of aryl methyl sites for hydroxylation is 2. The Hall–Kier alpha value is -3.00. The maximum Gasteiger partial charge on any atom is 1.00 e. The number of phenolic OH excluding ortho intramolecular Hbond substituents is 1. The van der Waals surface area contributed by atoms with Crippen molar-refractivity contribution in [2.45, 2.75) is 46.5 Å². The minimum atomic E-state index is -1.23. The van der Waals surface area contributed by atoms with Gasteiger partial charge in [-0.05, 0) is 85.0 Å². The van der Waals surface area contributed by atoms with Gasteiger partial charge < -0.3 is 29.2 Å². The monoisotopic (exact) mass is 514 g/mol. The number of aromatic carboxylic acids is 1. The van der Waals surface area contributed by atoms with Crippen LogP contribution in [0.4, 0.5) is 0 Å². The Morgan fingerprint density at radius 3 is 2.11 bits per heavy atom. The van der Waals surface area contributed by atoms with Gasteiger partial charge in [0.15, 0.2) is 5.78 Å². The smallest absolute Gasteiger partial charge is 0.545 e.